The summed E-state index contributed by atoms with van der Waals surface area (Å²) in [5.74, 6) is 0.108. The maximum absolute atomic E-state index is 10.8. The highest BCUT2D eigenvalue weighted by molar-refractivity contribution is 5.85. The second kappa shape index (κ2) is 4.57. The molecule has 0 aromatic heterocycles. The number of rotatable bonds is 2. The highest BCUT2D eigenvalue weighted by Crippen LogP contribution is 2.28. The second-order valence-corrected chi connectivity index (χ2v) is 2.74. The molecular formula is C7H14ClNO2. The zero-order chi connectivity index (χ0) is 7.56. The number of nitrogens with two attached hydrogens (primary N) is 1. The number of carbonyl (C=O) groups excluding carboxylic acids is 1. The molecule has 1 saturated carbocycles. The van der Waals surface area contributed by atoms with Gasteiger partial charge in [0.05, 0.1) is 7.11 Å². The normalized spacial score (nSPS) is 19.5. The summed E-state index contributed by atoms with van der Waals surface area (Å²) in [5.41, 5.74) is 5.56. The Morgan fingerprint density at radius 1 is 1.64 bits per heavy atom. The standard InChI is InChI=1S/C7H13NO2.ClH/c1-10-7(9)6(8)5-3-2-4-5;/h5-6H,2-4,8H2,1H3;1H/t6-;/m0./s1. The monoisotopic (exact) mass is 179 g/mol. The van der Waals surface area contributed by atoms with Crippen molar-refractivity contribution in [2.75, 3.05) is 7.11 Å². The fourth-order valence-electron chi connectivity index (χ4n) is 1.13. The number of hydrogen-bond acceptors (Lipinski definition) is 3. The van der Waals surface area contributed by atoms with E-state index in [2.05, 4.69) is 4.74 Å². The molecule has 1 aliphatic rings. The molecule has 66 valence electrons. The molecule has 0 amide bonds. The van der Waals surface area contributed by atoms with Crippen LogP contribution in [0, 0.1) is 5.92 Å². The van der Waals surface area contributed by atoms with Crippen LogP contribution < -0.4 is 5.73 Å². The first kappa shape index (κ1) is 10.7. The Balaban J connectivity index is 0.000001000. The third kappa shape index (κ3) is 2.34. The Hall–Kier alpha value is -0.280. The fourth-order valence-corrected chi connectivity index (χ4v) is 1.13. The first-order valence-electron chi connectivity index (χ1n) is 3.59. The van der Waals surface area contributed by atoms with Gasteiger partial charge in [-0.3, -0.25) is 4.79 Å². The molecule has 1 aliphatic carbocycles. The van der Waals surface area contributed by atoms with Crippen molar-refractivity contribution in [3.63, 3.8) is 0 Å². The molecule has 2 N–H and O–H groups in total. The van der Waals surface area contributed by atoms with Gasteiger partial charge < -0.3 is 10.5 Å². The molecule has 0 radical (unpaired) electrons. The molecule has 11 heavy (non-hydrogen) atoms. The van der Waals surface area contributed by atoms with Gasteiger partial charge in [0.1, 0.15) is 6.04 Å². The van der Waals surface area contributed by atoms with E-state index in [-0.39, 0.29) is 24.4 Å². The Morgan fingerprint density at radius 3 is 2.45 bits per heavy atom. The fraction of sp³-hybridized carbons (Fsp3) is 0.857. The van der Waals surface area contributed by atoms with E-state index >= 15 is 0 Å². The molecule has 0 aromatic rings. The molecule has 0 unspecified atom stereocenters. The topological polar surface area (TPSA) is 52.3 Å². The van der Waals surface area contributed by atoms with Gasteiger partial charge in [-0.2, -0.15) is 0 Å². The average molecular weight is 180 g/mol. The highest BCUT2D eigenvalue weighted by atomic mass is 35.5. The first-order chi connectivity index (χ1) is 4.75. The minimum Gasteiger partial charge on any atom is -0.468 e. The summed E-state index contributed by atoms with van der Waals surface area (Å²) in [6.07, 6.45) is 3.36. The van der Waals surface area contributed by atoms with E-state index < -0.39 is 0 Å². The molecule has 1 fully saturated rings. The number of ether oxygens (including phenoxy) is 1. The molecule has 0 bridgehead atoms. The largest absolute Gasteiger partial charge is 0.468 e. The summed E-state index contributed by atoms with van der Waals surface area (Å²) in [7, 11) is 1.38. The number of carbonyl (C=O) groups is 1. The molecule has 0 aliphatic heterocycles. The lowest BCUT2D eigenvalue weighted by atomic mass is 9.80. The molecule has 1 rings (SSSR count). The van der Waals surface area contributed by atoms with Crippen molar-refractivity contribution in [1.82, 2.24) is 0 Å². The smallest absolute Gasteiger partial charge is 0.322 e. The van der Waals surface area contributed by atoms with Gasteiger partial charge in [0, 0.05) is 0 Å². The van der Waals surface area contributed by atoms with Crippen LogP contribution >= 0.6 is 12.4 Å². The Morgan fingerprint density at radius 2 is 2.18 bits per heavy atom. The van der Waals surface area contributed by atoms with Crippen molar-refractivity contribution < 1.29 is 9.53 Å². The van der Waals surface area contributed by atoms with Gasteiger partial charge in [0.25, 0.3) is 0 Å². The van der Waals surface area contributed by atoms with Crippen LogP contribution in [0.2, 0.25) is 0 Å². The van der Waals surface area contributed by atoms with Crippen LogP contribution in [0.4, 0.5) is 0 Å². The van der Waals surface area contributed by atoms with Crippen LogP contribution in [0.3, 0.4) is 0 Å². The van der Waals surface area contributed by atoms with Crippen LogP contribution in [0.15, 0.2) is 0 Å². The van der Waals surface area contributed by atoms with E-state index in [0.717, 1.165) is 12.8 Å². The third-order valence-electron chi connectivity index (χ3n) is 2.13. The Bertz CT molecular complexity index is 136. The second-order valence-electron chi connectivity index (χ2n) is 2.74. The lowest BCUT2D eigenvalue weighted by molar-refractivity contribution is -0.144. The summed E-state index contributed by atoms with van der Waals surface area (Å²) in [6, 6.07) is -0.376. The zero-order valence-corrected chi connectivity index (χ0v) is 7.39. The van der Waals surface area contributed by atoms with E-state index in [9.17, 15) is 4.79 Å². The van der Waals surface area contributed by atoms with Gasteiger partial charge >= 0.3 is 5.97 Å². The van der Waals surface area contributed by atoms with Gasteiger partial charge in [0.2, 0.25) is 0 Å². The van der Waals surface area contributed by atoms with Gasteiger partial charge in [-0.15, -0.1) is 12.4 Å². The van der Waals surface area contributed by atoms with Gasteiger partial charge in [-0.1, -0.05) is 6.42 Å². The quantitative estimate of drug-likeness (QED) is 0.636. The van der Waals surface area contributed by atoms with Crippen LogP contribution in [-0.4, -0.2) is 19.1 Å². The minimum atomic E-state index is -0.376. The number of esters is 1. The first-order valence-corrected chi connectivity index (χ1v) is 3.59. The van der Waals surface area contributed by atoms with Crippen molar-refractivity contribution in [3.05, 3.63) is 0 Å². The zero-order valence-electron chi connectivity index (χ0n) is 6.58. The van der Waals surface area contributed by atoms with E-state index in [1.54, 1.807) is 0 Å². The predicted molar refractivity (Wildman–Crippen MR) is 44.6 cm³/mol. The van der Waals surface area contributed by atoms with E-state index in [1.807, 2.05) is 0 Å². The van der Waals surface area contributed by atoms with Crippen LogP contribution in [-0.2, 0) is 9.53 Å². The number of hydrogen-bond donors (Lipinski definition) is 1. The lowest BCUT2D eigenvalue weighted by Crippen LogP contribution is -2.41. The third-order valence-corrected chi connectivity index (χ3v) is 2.13. The molecule has 0 saturated heterocycles. The SMILES string of the molecule is COC(=O)[C@@H](N)C1CCC1.Cl. The van der Waals surface area contributed by atoms with Gasteiger partial charge in [0.15, 0.2) is 0 Å². The Labute approximate surface area is 72.7 Å². The maximum Gasteiger partial charge on any atom is 0.322 e. The molecular weight excluding hydrogens is 166 g/mol. The van der Waals surface area contributed by atoms with Crippen LogP contribution in [0.25, 0.3) is 0 Å². The predicted octanol–water partition coefficient (Wildman–Crippen LogP) is 0.709. The molecule has 0 spiro atoms. The highest BCUT2D eigenvalue weighted by Gasteiger charge is 2.29. The Kier molecular flexibility index (Phi) is 4.45. The van der Waals surface area contributed by atoms with Crippen LogP contribution in [0.5, 0.6) is 0 Å². The molecule has 4 heteroatoms. The van der Waals surface area contributed by atoms with Crippen molar-refractivity contribution >= 4 is 18.4 Å². The summed E-state index contributed by atoms with van der Waals surface area (Å²) in [6.45, 7) is 0. The van der Waals surface area contributed by atoms with E-state index in [4.69, 9.17) is 5.73 Å². The number of methoxy groups -OCH3 is 1. The lowest BCUT2D eigenvalue weighted by Gasteiger charge is -2.29. The van der Waals surface area contributed by atoms with E-state index in [0.29, 0.717) is 5.92 Å². The molecule has 1 atom stereocenters. The van der Waals surface area contributed by atoms with Gasteiger partial charge in [-0.25, -0.2) is 0 Å². The summed E-state index contributed by atoms with van der Waals surface area (Å²) < 4.78 is 4.50. The molecule has 0 aromatic carbocycles. The minimum absolute atomic E-state index is 0. The summed E-state index contributed by atoms with van der Waals surface area (Å²) >= 11 is 0. The van der Waals surface area contributed by atoms with Crippen molar-refractivity contribution in [2.24, 2.45) is 11.7 Å². The van der Waals surface area contributed by atoms with Crippen molar-refractivity contribution in [1.29, 1.82) is 0 Å². The van der Waals surface area contributed by atoms with Crippen molar-refractivity contribution in [2.45, 2.75) is 25.3 Å². The molecule has 3 nitrogen and oxygen atoms in total. The number of halogens is 1. The molecule has 0 heterocycles. The van der Waals surface area contributed by atoms with Crippen LogP contribution in [0.1, 0.15) is 19.3 Å². The maximum atomic E-state index is 10.8. The summed E-state index contributed by atoms with van der Waals surface area (Å²) in [4.78, 5) is 10.8. The summed E-state index contributed by atoms with van der Waals surface area (Å²) in [5, 5.41) is 0. The van der Waals surface area contributed by atoms with Gasteiger partial charge in [-0.05, 0) is 18.8 Å². The average Bonchev–Trinajstić information content (AvgIpc) is 1.82. The van der Waals surface area contributed by atoms with Crippen molar-refractivity contribution in [3.8, 4) is 0 Å². The van der Waals surface area contributed by atoms with E-state index in [1.165, 1.54) is 13.5 Å².